The molecule has 1 aliphatic rings. The SMILES string of the molecule is C[C@@H]1C[C@H](Nc2ccccc2)c2ccccc2N1C(=O)c1ccccc1Cl. The highest BCUT2D eigenvalue weighted by Gasteiger charge is 2.34. The van der Waals surface area contributed by atoms with Crippen molar-refractivity contribution in [3.63, 3.8) is 0 Å². The lowest BCUT2D eigenvalue weighted by molar-refractivity contribution is 0.0974. The summed E-state index contributed by atoms with van der Waals surface area (Å²) in [6, 6.07) is 25.7. The molecule has 0 aliphatic carbocycles. The van der Waals surface area contributed by atoms with Gasteiger partial charge in [-0.15, -0.1) is 0 Å². The minimum atomic E-state index is -0.0567. The highest BCUT2D eigenvalue weighted by molar-refractivity contribution is 6.34. The quantitative estimate of drug-likeness (QED) is 0.614. The molecule has 0 radical (unpaired) electrons. The maximum atomic E-state index is 13.3. The predicted molar refractivity (Wildman–Crippen MR) is 112 cm³/mol. The van der Waals surface area contributed by atoms with E-state index in [1.807, 2.05) is 53.4 Å². The molecule has 136 valence electrons. The summed E-state index contributed by atoms with van der Waals surface area (Å²) in [6.07, 6.45) is 0.822. The summed E-state index contributed by atoms with van der Waals surface area (Å²) < 4.78 is 0. The largest absolute Gasteiger partial charge is 0.378 e. The maximum Gasteiger partial charge on any atom is 0.260 e. The molecule has 0 unspecified atom stereocenters. The van der Waals surface area contributed by atoms with E-state index < -0.39 is 0 Å². The van der Waals surface area contributed by atoms with Gasteiger partial charge in [0.25, 0.3) is 5.91 Å². The van der Waals surface area contributed by atoms with Crippen molar-refractivity contribution in [1.29, 1.82) is 0 Å². The smallest absolute Gasteiger partial charge is 0.260 e. The van der Waals surface area contributed by atoms with Crippen LogP contribution in [0.1, 0.15) is 35.3 Å². The second kappa shape index (κ2) is 7.45. The number of fused-ring (bicyclic) bond motifs is 1. The van der Waals surface area contributed by atoms with E-state index in [0.29, 0.717) is 10.6 Å². The zero-order chi connectivity index (χ0) is 18.8. The molecule has 3 nitrogen and oxygen atoms in total. The topological polar surface area (TPSA) is 32.3 Å². The maximum absolute atomic E-state index is 13.3. The van der Waals surface area contributed by atoms with Crippen molar-refractivity contribution in [2.75, 3.05) is 10.2 Å². The number of hydrogen-bond acceptors (Lipinski definition) is 2. The Morgan fingerprint density at radius 3 is 2.41 bits per heavy atom. The Bertz CT molecular complexity index is 957. The third kappa shape index (κ3) is 3.43. The Morgan fingerprint density at radius 1 is 0.963 bits per heavy atom. The highest BCUT2D eigenvalue weighted by atomic mass is 35.5. The number of carbonyl (C=O) groups excluding carboxylic acids is 1. The standard InChI is InChI=1S/C23H21ClN2O/c1-16-15-21(25-17-9-3-2-4-10-17)19-12-6-8-14-22(19)26(16)23(27)18-11-5-7-13-20(18)24/h2-14,16,21,25H,15H2,1H3/t16-,21+/m1/s1. The van der Waals surface area contributed by atoms with Crippen LogP contribution in [-0.4, -0.2) is 11.9 Å². The Kier molecular flexibility index (Phi) is 4.87. The van der Waals surface area contributed by atoms with Gasteiger partial charge in [-0.05, 0) is 49.2 Å². The molecule has 1 heterocycles. The van der Waals surface area contributed by atoms with Gasteiger partial charge in [-0.2, -0.15) is 0 Å². The molecule has 1 N–H and O–H groups in total. The Labute approximate surface area is 164 Å². The van der Waals surface area contributed by atoms with Gasteiger partial charge < -0.3 is 10.2 Å². The summed E-state index contributed by atoms with van der Waals surface area (Å²) >= 11 is 6.29. The van der Waals surface area contributed by atoms with Crippen LogP contribution in [0.4, 0.5) is 11.4 Å². The second-order valence-electron chi connectivity index (χ2n) is 6.86. The first-order valence-corrected chi connectivity index (χ1v) is 9.51. The monoisotopic (exact) mass is 376 g/mol. The van der Waals surface area contributed by atoms with Crippen LogP contribution in [-0.2, 0) is 0 Å². The van der Waals surface area contributed by atoms with Crippen LogP contribution in [0, 0.1) is 0 Å². The molecular weight excluding hydrogens is 356 g/mol. The number of nitrogens with one attached hydrogen (secondary N) is 1. The molecule has 2 atom stereocenters. The number of anilines is 2. The van der Waals surface area contributed by atoms with E-state index >= 15 is 0 Å². The molecule has 4 rings (SSSR count). The van der Waals surface area contributed by atoms with Gasteiger partial charge >= 0.3 is 0 Å². The Balaban J connectivity index is 1.71. The van der Waals surface area contributed by atoms with Crippen molar-refractivity contribution in [3.8, 4) is 0 Å². The van der Waals surface area contributed by atoms with E-state index in [-0.39, 0.29) is 18.0 Å². The van der Waals surface area contributed by atoms with E-state index in [9.17, 15) is 4.79 Å². The molecule has 1 aliphatic heterocycles. The lowest BCUT2D eigenvalue weighted by atomic mass is 9.90. The van der Waals surface area contributed by atoms with Crippen LogP contribution >= 0.6 is 11.6 Å². The molecule has 27 heavy (non-hydrogen) atoms. The molecule has 0 aromatic heterocycles. The number of para-hydroxylation sites is 2. The van der Waals surface area contributed by atoms with Gasteiger partial charge in [0, 0.05) is 17.4 Å². The van der Waals surface area contributed by atoms with Crippen LogP contribution in [0.15, 0.2) is 78.9 Å². The lowest BCUT2D eigenvalue weighted by Gasteiger charge is -2.40. The van der Waals surface area contributed by atoms with Crippen molar-refractivity contribution in [2.45, 2.75) is 25.4 Å². The van der Waals surface area contributed by atoms with Crippen molar-refractivity contribution in [3.05, 3.63) is 95.0 Å². The Morgan fingerprint density at radius 2 is 1.63 bits per heavy atom. The summed E-state index contributed by atoms with van der Waals surface area (Å²) in [6.45, 7) is 2.09. The summed E-state index contributed by atoms with van der Waals surface area (Å²) in [5.74, 6) is -0.0567. The summed E-state index contributed by atoms with van der Waals surface area (Å²) in [5, 5.41) is 4.10. The second-order valence-corrected chi connectivity index (χ2v) is 7.27. The van der Waals surface area contributed by atoms with Crippen molar-refractivity contribution in [2.24, 2.45) is 0 Å². The molecular formula is C23H21ClN2O. The van der Waals surface area contributed by atoms with Crippen molar-refractivity contribution in [1.82, 2.24) is 0 Å². The minimum absolute atomic E-state index is 0.0462. The van der Waals surface area contributed by atoms with Gasteiger partial charge in [-0.3, -0.25) is 4.79 Å². The number of amides is 1. The van der Waals surface area contributed by atoms with E-state index in [2.05, 4.69) is 30.4 Å². The van der Waals surface area contributed by atoms with Crippen molar-refractivity contribution >= 4 is 28.9 Å². The van der Waals surface area contributed by atoms with Crippen molar-refractivity contribution < 1.29 is 4.79 Å². The minimum Gasteiger partial charge on any atom is -0.378 e. The van der Waals surface area contributed by atoms with Gasteiger partial charge in [0.2, 0.25) is 0 Å². The van der Waals surface area contributed by atoms with Gasteiger partial charge in [-0.25, -0.2) is 0 Å². The average molecular weight is 377 g/mol. The molecule has 1 amide bonds. The summed E-state index contributed by atoms with van der Waals surface area (Å²) in [4.78, 5) is 15.2. The lowest BCUT2D eigenvalue weighted by Crippen LogP contribution is -2.44. The average Bonchev–Trinajstić information content (AvgIpc) is 2.69. The van der Waals surface area contributed by atoms with Gasteiger partial charge in [0.1, 0.15) is 0 Å². The summed E-state index contributed by atoms with van der Waals surface area (Å²) in [5.41, 5.74) is 3.68. The van der Waals surface area contributed by atoms with Crippen LogP contribution in [0.5, 0.6) is 0 Å². The summed E-state index contributed by atoms with van der Waals surface area (Å²) in [7, 11) is 0. The van der Waals surface area contributed by atoms with Gasteiger partial charge in [0.15, 0.2) is 0 Å². The highest BCUT2D eigenvalue weighted by Crippen LogP contribution is 2.40. The van der Waals surface area contributed by atoms with Gasteiger partial charge in [0.05, 0.1) is 16.6 Å². The molecule has 0 saturated carbocycles. The number of benzene rings is 3. The van der Waals surface area contributed by atoms with E-state index in [0.717, 1.165) is 23.4 Å². The predicted octanol–water partition coefficient (Wildman–Crippen LogP) is 5.93. The fourth-order valence-electron chi connectivity index (χ4n) is 3.76. The zero-order valence-electron chi connectivity index (χ0n) is 15.1. The van der Waals surface area contributed by atoms with E-state index in [4.69, 9.17) is 11.6 Å². The van der Waals surface area contributed by atoms with Crippen LogP contribution in [0.3, 0.4) is 0 Å². The molecule has 3 aromatic rings. The third-order valence-electron chi connectivity index (χ3n) is 5.03. The first-order valence-electron chi connectivity index (χ1n) is 9.14. The fraction of sp³-hybridized carbons (Fsp3) is 0.174. The first-order chi connectivity index (χ1) is 13.1. The zero-order valence-corrected chi connectivity index (χ0v) is 15.9. The number of rotatable bonds is 3. The molecule has 3 aromatic carbocycles. The molecule has 0 spiro atoms. The number of nitrogens with zero attached hydrogens (tertiary/aromatic N) is 1. The first kappa shape index (κ1) is 17.6. The van der Waals surface area contributed by atoms with Crippen LogP contribution in [0.2, 0.25) is 5.02 Å². The Hall–Kier alpha value is -2.78. The van der Waals surface area contributed by atoms with Crippen LogP contribution in [0.25, 0.3) is 0 Å². The van der Waals surface area contributed by atoms with E-state index in [1.54, 1.807) is 12.1 Å². The number of halogens is 1. The van der Waals surface area contributed by atoms with E-state index in [1.165, 1.54) is 0 Å². The molecule has 0 fully saturated rings. The van der Waals surface area contributed by atoms with Crippen LogP contribution < -0.4 is 10.2 Å². The number of carbonyl (C=O) groups is 1. The van der Waals surface area contributed by atoms with Gasteiger partial charge in [-0.1, -0.05) is 60.1 Å². The molecule has 0 saturated heterocycles. The normalized spacial score (nSPS) is 18.7. The fourth-order valence-corrected chi connectivity index (χ4v) is 3.98. The third-order valence-corrected chi connectivity index (χ3v) is 5.36. The molecule has 4 heteroatoms. The number of hydrogen-bond donors (Lipinski definition) is 1. The molecule has 0 bridgehead atoms.